The summed E-state index contributed by atoms with van der Waals surface area (Å²) in [5, 5.41) is 13.3. The van der Waals surface area contributed by atoms with Crippen LogP contribution < -0.4 is 10.6 Å². The van der Waals surface area contributed by atoms with Crippen molar-refractivity contribution in [1.29, 1.82) is 0 Å². The lowest BCUT2D eigenvalue weighted by atomic mass is 10.0. The predicted octanol–water partition coefficient (Wildman–Crippen LogP) is 5.08. The van der Waals surface area contributed by atoms with Crippen molar-refractivity contribution < 1.29 is 5.11 Å². The van der Waals surface area contributed by atoms with Gasteiger partial charge in [-0.05, 0) is 69.8 Å². The Morgan fingerprint density at radius 2 is 1.68 bits per heavy atom. The Balaban J connectivity index is 1.38. The molecule has 4 heteroatoms. The molecule has 4 nitrogen and oxygen atoms in total. The van der Waals surface area contributed by atoms with Gasteiger partial charge in [-0.25, -0.2) is 4.99 Å². The second kappa shape index (κ2) is 6.69. The van der Waals surface area contributed by atoms with Gasteiger partial charge in [0.2, 0.25) is 5.96 Å². The van der Waals surface area contributed by atoms with Crippen molar-refractivity contribution in [3.63, 3.8) is 0 Å². The lowest BCUT2D eigenvalue weighted by molar-refractivity contribution is 0.225. The van der Waals surface area contributed by atoms with E-state index in [2.05, 4.69) is 42.5 Å². The number of hydrogen-bond donors (Lipinski definition) is 2. The molecule has 0 heterocycles. The molecule has 4 aromatic rings. The van der Waals surface area contributed by atoms with Crippen LogP contribution in [0.3, 0.4) is 0 Å². The molecule has 0 amide bonds. The molecule has 0 radical (unpaired) electrons. The van der Waals surface area contributed by atoms with Gasteiger partial charge in [-0.15, -0.1) is 0 Å². The molecule has 1 atom stereocenters. The van der Waals surface area contributed by atoms with Crippen LogP contribution in [0.1, 0.15) is 28.4 Å². The second-order valence-electron chi connectivity index (χ2n) is 8.37. The summed E-state index contributed by atoms with van der Waals surface area (Å²) in [5.74, 6) is 0.420. The molecule has 0 bridgehead atoms. The van der Waals surface area contributed by atoms with Gasteiger partial charge in [0.15, 0.2) is 0 Å². The van der Waals surface area contributed by atoms with Gasteiger partial charge in [-0.3, -0.25) is 0 Å². The number of benzene rings is 4. The average molecular weight is 406 g/mol. The van der Waals surface area contributed by atoms with E-state index in [1.54, 1.807) is 0 Å². The molecule has 1 unspecified atom stereocenters. The van der Waals surface area contributed by atoms with E-state index in [9.17, 15) is 5.11 Å². The minimum atomic E-state index is -0.616. The first-order valence-corrected chi connectivity index (χ1v) is 10.6. The van der Waals surface area contributed by atoms with Crippen LogP contribution in [0.5, 0.6) is 0 Å². The highest BCUT2D eigenvalue weighted by molar-refractivity contribution is 6.03. The molecule has 0 saturated heterocycles. The number of nitrogens with two attached hydrogens (primary N) is 1. The number of aliphatic imine (C=N–C) groups is 1. The number of aryl methyl sites for hydroxylation is 2. The maximum absolute atomic E-state index is 10.8. The van der Waals surface area contributed by atoms with Crippen LogP contribution in [0.2, 0.25) is 0 Å². The van der Waals surface area contributed by atoms with Crippen molar-refractivity contribution in [2.45, 2.75) is 18.9 Å². The monoisotopic (exact) mass is 405 g/mol. The first kappa shape index (κ1) is 18.2. The lowest BCUT2D eigenvalue weighted by Crippen LogP contribution is -2.33. The number of hydrogen-bond acceptors (Lipinski definition) is 2. The van der Waals surface area contributed by atoms with E-state index < -0.39 is 6.10 Å². The Kier molecular flexibility index (Phi) is 3.92. The van der Waals surface area contributed by atoms with Crippen molar-refractivity contribution in [2.75, 3.05) is 11.9 Å². The average Bonchev–Trinajstić information content (AvgIpc) is 3.35. The fourth-order valence-corrected chi connectivity index (χ4v) is 5.04. The highest BCUT2D eigenvalue weighted by Crippen LogP contribution is 2.44. The largest absolute Gasteiger partial charge is 0.384 e. The molecule has 0 saturated carbocycles. The number of nitrogens with zero attached hydrogens (tertiary/aromatic N) is 2. The van der Waals surface area contributed by atoms with Crippen LogP contribution in [-0.2, 0) is 12.8 Å². The van der Waals surface area contributed by atoms with Crippen LogP contribution in [0.4, 0.5) is 11.4 Å². The van der Waals surface area contributed by atoms with Gasteiger partial charge in [0.25, 0.3) is 0 Å². The van der Waals surface area contributed by atoms with Crippen molar-refractivity contribution in [1.82, 2.24) is 0 Å². The van der Waals surface area contributed by atoms with Gasteiger partial charge < -0.3 is 15.7 Å². The molecule has 6 rings (SSSR count). The Hall–Kier alpha value is -3.63. The smallest absolute Gasteiger partial charge is 0.200 e. The molecule has 3 N–H and O–H groups in total. The minimum Gasteiger partial charge on any atom is -0.384 e. The van der Waals surface area contributed by atoms with Gasteiger partial charge in [0.1, 0.15) is 6.10 Å². The van der Waals surface area contributed by atoms with E-state index in [4.69, 9.17) is 10.7 Å². The standard InChI is InChI=1S/C27H23N3O/c1-30(18-12-13-20-19-6-2-3-7-21(19)26(31)23(20)15-18)27(28)29-24-14-11-17-10-9-16-5-4-8-22(24)25(16)17/h2-8,11-15,26,31H,9-10H2,1H3,(H2,28,29). The minimum absolute atomic E-state index is 0.420. The lowest BCUT2D eigenvalue weighted by Gasteiger charge is -2.20. The topological polar surface area (TPSA) is 61.8 Å². The summed E-state index contributed by atoms with van der Waals surface area (Å²) in [6.07, 6.45) is 1.57. The zero-order chi connectivity index (χ0) is 21.1. The molecule has 2 aliphatic rings. The Morgan fingerprint density at radius 3 is 2.55 bits per heavy atom. The number of aliphatic hydroxyl groups is 1. The quantitative estimate of drug-likeness (QED) is 0.361. The first-order valence-electron chi connectivity index (χ1n) is 10.6. The molecule has 0 spiro atoms. The molecule has 4 aromatic carbocycles. The number of aliphatic hydroxyl groups excluding tert-OH is 1. The molecular formula is C27H23N3O. The summed E-state index contributed by atoms with van der Waals surface area (Å²) < 4.78 is 0. The van der Waals surface area contributed by atoms with Crippen LogP contribution in [-0.4, -0.2) is 18.1 Å². The molecule has 31 heavy (non-hydrogen) atoms. The van der Waals surface area contributed by atoms with E-state index in [1.165, 1.54) is 16.5 Å². The summed E-state index contributed by atoms with van der Waals surface area (Å²) >= 11 is 0. The van der Waals surface area contributed by atoms with Gasteiger partial charge in [0.05, 0.1) is 5.69 Å². The van der Waals surface area contributed by atoms with Crippen molar-refractivity contribution in [2.24, 2.45) is 10.7 Å². The fourth-order valence-electron chi connectivity index (χ4n) is 5.04. The first-order chi connectivity index (χ1) is 15.1. The highest BCUT2D eigenvalue weighted by atomic mass is 16.3. The maximum atomic E-state index is 10.8. The normalized spacial score (nSPS) is 16.5. The molecule has 0 fully saturated rings. The van der Waals surface area contributed by atoms with Gasteiger partial charge in [-0.1, -0.05) is 54.6 Å². The molecule has 152 valence electrons. The third kappa shape index (κ3) is 2.69. The van der Waals surface area contributed by atoms with Gasteiger partial charge in [0, 0.05) is 18.1 Å². The maximum Gasteiger partial charge on any atom is 0.200 e. The Labute approximate surface area is 181 Å². The Bertz CT molecular complexity index is 1380. The fraction of sp³-hybridized carbons (Fsp3) is 0.148. The molecule has 2 aliphatic carbocycles. The number of rotatable bonds is 2. The number of anilines is 1. The van der Waals surface area contributed by atoms with E-state index in [0.29, 0.717) is 5.96 Å². The van der Waals surface area contributed by atoms with Crippen molar-refractivity contribution in [3.8, 4) is 11.1 Å². The summed E-state index contributed by atoms with van der Waals surface area (Å²) in [6.45, 7) is 0. The SMILES string of the molecule is CN(C(N)=Nc1ccc2c3c(cccc13)CC2)c1ccc2c(c1)C(O)c1ccccc1-2. The number of fused-ring (bicyclic) bond motifs is 3. The Morgan fingerprint density at radius 1 is 0.903 bits per heavy atom. The van der Waals surface area contributed by atoms with E-state index in [0.717, 1.165) is 51.9 Å². The second-order valence-corrected chi connectivity index (χ2v) is 8.37. The van der Waals surface area contributed by atoms with E-state index >= 15 is 0 Å². The van der Waals surface area contributed by atoms with Crippen molar-refractivity contribution in [3.05, 3.63) is 95.1 Å². The van der Waals surface area contributed by atoms with Crippen LogP contribution in [0, 0.1) is 0 Å². The third-order valence-electron chi connectivity index (χ3n) is 6.70. The highest BCUT2D eigenvalue weighted by Gasteiger charge is 2.27. The predicted molar refractivity (Wildman–Crippen MR) is 127 cm³/mol. The molecule has 0 aliphatic heterocycles. The summed E-state index contributed by atoms with van der Waals surface area (Å²) in [5.41, 5.74) is 15.0. The van der Waals surface area contributed by atoms with E-state index in [-0.39, 0.29) is 0 Å². The third-order valence-corrected chi connectivity index (χ3v) is 6.70. The molecular weight excluding hydrogens is 382 g/mol. The summed E-state index contributed by atoms with van der Waals surface area (Å²) in [4.78, 5) is 6.66. The van der Waals surface area contributed by atoms with Crippen LogP contribution >= 0.6 is 0 Å². The van der Waals surface area contributed by atoms with E-state index in [1.807, 2.05) is 42.3 Å². The summed E-state index contributed by atoms with van der Waals surface area (Å²) in [6, 6.07) is 24.8. The zero-order valence-corrected chi connectivity index (χ0v) is 17.3. The summed E-state index contributed by atoms with van der Waals surface area (Å²) in [7, 11) is 1.91. The van der Waals surface area contributed by atoms with Gasteiger partial charge in [-0.2, -0.15) is 0 Å². The number of guanidine groups is 1. The zero-order valence-electron chi connectivity index (χ0n) is 17.3. The van der Waals surface area contributed by atoms with Crippen LogP contribution in [0.15, 0.2) is 77.8 Å². The molecule has 0 aromatic heterocycles. The van der Waals surface area contributed by atoms with Gasteiger partial charge >= 0.3 is 0 Å². The van der Waals surface area contributed by atoms with Crippen LogP contribution in [0.25, 0.3) is 21.9 Å². The van der Waals surface area contributed by atoms with Crippen molar-refractivity contribution >= 4 is 28.1 Å².